The van der Waals surface area contributed by atoms with E-state index in [9.17, 15) is 30.0 Å². The molecule has 4 fully saturated rings. The van der Waals surface area contributed by atoms with Crippen molar-refractivity contribution in [3.05, 3.63) is 11.6 Å². The third-order valence-electron chi connectivity index (χ3n) is 10.6. The standard InChI is InChI=1S/C27H40O8/c1-26-9-7-15(29)11-14(26)3-4-16-17-5-6-19(27(17,2)10-8-18(16)26)20(30)13-34-25-24(33)23(32)22(31)21(12-28)35-25/h11,16-19,21-25,28,31-33H,3-10,12-13H2,1-2H3/t16-,17-,18-,19+,21+,22+,23-,24+,25-,26-,27-/m0/s1. The molecule has 35 heavy (non-hydrogen) atoms. The molecule has 3 saturated carbocycles. The van der Waals surface area contributed by atoms with Crippen molar-refractivity contribution >= 4 is 11.6 Å². The van der Waals surface area contributed by atoms with Gasteiger partial charge in [0, 0.05) is 12.3 Å². The van der Waals surface area contributed by atoms with Gasteiger partial charge in [-0.2, -0.15) is 0 Å². The van der Waals surface area contributed by atoms with Gasteiger partial charge in [-0.25, -0.2) is 0 Å². The molecule has 5 rings (SSSR count). The number of allylic oxidation sites excluding steroid dienone is 1. The van der Waals surface area contributed by atoms with Gasteiger partial charge in [-0.3, -0.25) is 9.59 Å². The fourth-order valence-corrected chi connectivity index (χ4v) is 8.56. The predicted octanol–water partition coefficient (Wildman–Crippen LogP) is 1.52. The van der Waals surface area contributed by atoms with Crippen LogP contribution in [0.1, 0.15) is 65.2 Å². The largest absolute Gasteiger partial charge is 0.394 e. The van der Waals surface area contributed by atoms with E-state index in [0.717, 1.165) is 44.9 Å². The summed E-state index contributed by atoms with van der Waals surface area (Å²) in [5, 5.41) is 39.5. The Morgan fingerprint density at radius 2 is 1.80 bits per heavy atom. The third kappa shape index (κ3) is 4.05. The summed E-state index contributed by atoms with van der Waals surface area (Å²) in [6.45, 7) is 3.84. The third-order valence-corrected chi connectivity index (χ3v) is 10.6. The Hall–Kier alpha value is -1.16. The van der Waals surface area contributed by atoms with Crippen molar-refractivity contribution in [1.29, 1.82) is 0 Å². The molecule has 11 atom stereocenters. The van der Waals surface area contributed by atoms with E-state index in [2.05, 4.69) is 13.8 Å². The minimum atomic E-state index is -1.52. The van der Waals surface area contributed by atoms with E-state index >= 15 is 0 Å². The number of hydrogen-bond acceptors (Lipinski definition) is 8. The van der Waals surface area contributed by atoms with E-state index in [1.807, 2.05) is 6.08 Å². The monoisotopic (exact) mass is 492 g/mol. The Balaban J connectivity index is 1.26. The number of rotatable bonds is 5. The minimum absolute atomic E-state index is 0.0173. The van der Waals surface area contributed by atoms with Gasteiger partial charge in [0.15, 0.2) is 17.9 Å². The van der Waals surface area contributed by atoms with Gasteiger partial charge in [-0.1, -0.05) is 19.4 Å². The molecule has 8 nitrogen and oxygen atoms in total. The fourth-order valence-electron chi connectivity index (χ4n) is 8.56. The molecule has 1 saturated heterocycles. The molecule has 0 spiro atoms. The maximum absolute atomic E-state index is 13.4. The van der Waals surface area contributed by atoms with Crippen molar-refractivity contribution in [2.24, 2.45) is 34.5 Å². The maximum atomic E-state index is 13.4. The number of fused-ring (bicyclic) bond motifs is 5. The zero-order valence-corrected chi connectivity index (χ0v) is 20.8. The first-order valence-corrected chi connectivity index (χ1v) is 13.3. The highest BCUT2D eigenvalue weighted by Crippen LogP contribution is 2.66. The lowest BCUT2D eigenvalue weighted by atomic mass is 9.46. The summed E-state index contributed by atoms with van der Waals surface area (Å²) in [4.78, 5) is 25.4. The molecule has 0 aromatic carbocycles. The van der Waals surface area contributed by atoms with Gasteiger partial charge in [0.05, 0.1) is 6.61 Å². The second-order valence-electron chi connectivity index (χ2n) is 12.1. The molecule has 1 heterocycles. The molecule has 196 valence electrons. The van der Waals surface area contributed by atoms with Crippen molar-refractivity contribution < 1.29 is 39.5 Å². The summed E-state index contributed by atoms with van der Waals surface area (Å²) >= 11 is 0. The molecule has 1 aliphatic heterocycles. The van der Waals surface area contributed by atoms with Crippen LogP contribution >= 0.6 is 0 Å². The minimum Gasteiger partial charge on any atom is -0.394 e. The average Bonchev–Trinajstić information content (AvgIpc) is 3.20. The van der Waals surface area contributed by atoms with Crippen LogP contribution < -0.4 is 0 Å². The predicted molar refractivity (Wildman–Crippen MR) is 125 cm³/mol. The van der Waals surface area contributed by atoms with Crippen LogP contribution in [0.5, 0.6) is 0 Å². The first kappa shape index (κ1) is 25.5. The molecule has 0 radical (unpaired) electrons. The fraction of sp³-hybridized carbons (Fsp3) is 0.852. The number of aliphatic hydroxyl groups excluding tert-OH is 4. The van der Waals surface area contributed by atoms with Crippen molar-refractivity contribution in [2.45, 2.75) is 95.9 Å². The first-order valence-electron chi connectivity index (χ1n) is 13.3. The Labute approximate surface area is 206 Å². The summed E-state index contributed by atoms with van der Waals surface area (Å²) in [5.41, 5.74) is 1.35. The van der Waals surface area contributed by atoms with E-state index in [-0.39, 0.29) is 34.9 Å². The molecule has 5 aliphatic rings. The number of ketones is 2. The zero-order valence-electron chi connectivity index (χ0n) is 20.8. The molecular weight excluding hydrogens is 452 g/mol. The molecule has 0 unspecified atom stereocenters. The van der Waals surface area contributed by atoms with E-state index in [1.165, 1.54) is 5.57 Å². The summed E-state index contributed by atoms with van der Waals surface area (Å²) in [7, 11) is 0. The first-order chi connectivity index (χ1) is 16.6. The van der Waals surface area contributed by atoms with E-state index < -0.39 is 37.3 Å². The Morgan fingerprint density at radius 3 is 2.54 bits per heavy atom. The molecule has 4 aliphatic carbocycles. The molecule has 0 aromatic rings. The molecule has 0 amide bonds. The van der Waals surface area contributed by atoms with Crippen molar-refractivity contribution in [1.82, 2.24) is 0 Å². The maximum Gasteiger partial charge on any atom is 0.187 e. The van der Waals surface area contributed by atoms with Crippen LogP contribution in [0.15, 0.2) is 11.6 Å². The Kier molecular flexibility index (Phi) is 6.77. The lowest BCUT2D eigenvalue weighted by molar-refractivity contribution is -0.299. The van der Waals surface area contributed by atoms with Crippen LogP contribution in [-0.2, 0) is 19.1 Å². The summed E-state index contributed by atoms with van der Waals surface area (Å²) in [6.07, 6.45) is 2.63. The number of Topliss-reactive ketones (excluding diaryl/α,β-unsaturated/α-hetero) is 1. The van der Waals surface area contributed by atoms with Crippen molar-refractivity contribution in [3.8, 4) is 0 Å². The van der Waals surface area contributed by atoms with Gasteiger partial charge in [0.25, 0.3) is 0 Å². The SMILES string of the molecule is C[C@]12CC[C@H]3[C@@H](CCC4=CC(=O)CC[C@@]43C)[C@@H]1CC[C@@H]2C(=O)CO[C@H]1O[C@H](CO)[C@@H](O)[C@H](O)[C@H]1O. The average molecular weight is 493 g/mol. The van der Waals surface area contributed by atoms with Gasteiger partial charge in [0.1, 0.15) is 31.0 Å². The smallest absolute Gasteiger partial charge is 0.187 e. The highest BCUT2D eigenvalue weighted by atomic mass is 16.7. The Morgan fingerprint density at radius 1 is 1.03 bits per heavy atom. The van der Waals surface area contributed by atoms with Crippen LogP contribution in [0, 0.1) is 34.5 Å². The lowest BCUT2D eigenvalue weighted by Gasteiger charge is -2.58. The molecule has 0 bridgehead atoms. The normalized spacial score (nSPS) is 49.6. The highest BCUT2D eigenvalue weighted by molar-refractivity contribution is 5.91. The van der Waals surface area contributed by atoms with Crippen molar-refractivity contribution in [2.75, 3.05) is 13.2 Å². The zero-order chi connectivity index (χ0) is 25.1. The summed E-state index contributed by atoms with van der Waals surface area (Å²) < 4.78 is 11.0. The topological polar surface area (TPSA) is 134 Å². The van der Waals surface area contributed by atoms with E-state index in [0.29, 0.717) is 24.2 Å². The second-order valence-corrected chi connectivity index (χ2v) is 12.1. The van der Waals surface area contributed by atoms with Crippen LogP contribution in [0.25, 0.3) is 0 Å². The molecule has 0 aromatic heterocycles. The van der Waals surface area contributed by atoms with Crippen LogP contribution in [0.3, 0.4) is 0 Å². The van der Waals surface area contributed by atoms with Gasteiger partial charge in [-0.05, 0) is 79.6 Å². The lowest BCUT2D eigenvalue weighted by Crippen LogP contribution is -2.59. The van der Waals surface area contributed by atoms with E-state index in [1.54, 1.807) is 0 Å². The molecule has 8 heteroatoms. The quantitative estimate of drug-likeness (QED) is 0.454. The number of hydrogen-bond donors (Lipinski definition) is 4. The summed E-state index contributed by atoms with van der Waals surface area (Å²) in [6, 6.07) is 0. The van der Waals surface area contributed by atoms with Gasteiger partial charge in [-0.15, -0.1) is 0 Å². The number of carbonyl (C=O) groups excluding carboxylic acids is 2. The van der Waals surface area contributed by atoms with Gasteiger partial charge >= 0.3 is 0 Å². The van der Waals surface area contributed by atoms with Crippen molar-refractivity contribution in [3.63, 3.8) is 0 Å². The number of aliphatic hydroxyl groups is 4. The highest BCUT2D eigenvalue weighted by Gasteiger charge is 2.60. The second kappa shape index (κ2) is 9.30. The number of ether oxygens (including phenoxy) is 2. The molecule has 4 N–H and O–H groups in total. The molecular formula is C27H40O8. The van der Waals surface area contributed by atoms with Crippen LogP contribution in [-0.4, -0.2) is 75.9 Å². The Bertz CT molecular complexity index is 884. The van der Waals surface area contributed by atoms with Crippen LogP contribution in [0.2, 0.25) is 0 Å². The van der Waals surface area contributed by atoms with Gasteiger partial charge < -0.3 is 29.9 Å². The van der Waals surface area contributed by atoms with E-state index in [4.69, 9.17) is 9.47 Å². The number of carbonyl (C=O) groups is 2. The van der Waals surface area contributed by atoms with Gasteiger partial charge in [0.2, 0.25) is 0 Å². The van der Waals surface area contributed by atoms with Crippen LogP contribution in [0.4, 0.5) is 0 Å². The summed E-state index contributed by atoms with van der Waals surface area (Å²) in [5.74, 6) is 1.72.